The molecule has 0 radical (unpaired) electrons. The molecule has 148 valence electrons. The van der Waals surface area contributed by atoms with Gasteiger partial charge in [0.25, 0.3) is 0 Å². The molecule has 1 atom stereocenters. The molecular weight excluding hydrogens is 354 g/mol. The number of rotatable bonds is 6. The van der Waals surface area contributed by atoms with Gasteiger partial charge in [0, 0.05) is 32.5 Å². The fourth-order valence-corrected chi connectivity index (χ4v) is 4.32. The first-order valence-electron chi connectivity index (χ1n) is 10.1. The Morgan fingerprint density at radius 3 is 2.79 bits per heavy atom. The average molecular weight is 381 g/mol. The number of benzene rings is 1. The van der Waals surface area contributed by atoms with Gasteiger partial charge in [-0.05, 0) is 31.7 Å². The Bertz CT molecular complexity index is 848. The van der Waals surface area contributed by atoms with Crippen LogP contribution in [0.3, 0.4) is 0 Å². The molecule has 0 N–H and O–H groups in total. The molecule has 0 saturated carbocycles. The quantitative estimate of drug-likeness (QED) is 0.768. The first-order chi connectivity index (χ1) is 13.6. The molecule has 7 nitrogen and oxygen atoms in total. The monoisotopic (exact) mass is 381 g/mol. The van der Waals surface area contributed by atoms with Gasteiger partial charge in [-0.25, -0.2) is 0 Å². The Morgan fingerprint density at radius 2 is 2.04 bits per heavy atom. The highest BCUT2D eigenvalue weighted by molar-refractivity contribution is 5.78. The van der Waals surface area contributed by atoms with Crippen molar-refractivity contribution in [1.82, 2.24) is 24.6 Å². The molecule has 1 aromatic carbocycles. The molecule has 7 heteroatoms. The fraction of sp³-hybridized carbons (Fsp3) is 0.524. The zero-order valence-electron chi connectivity index (χ0n) is 16.4. The van der Waals surface area contributed by atoms with E-state index in [1.165, 1.54) is 5.56 Å². The zero-order chi connectivity index (χ0) is 19.5. The number of hydrogen-bond donors (Lipinski definition) is 0. The number of aromatic nitrogens is 3. The first kappa shape index (κ1) is 18.7. The van der Waals surface area contributed by atoms with E-state index in [1.807, 2.05) is 34.9 Å². The van der Waals surface area contributed by atoms with Crippen molar-refractivity contribution in [2.45, 2.75) is 51.6 Å². The van der Waals surface area contributed by atoms with Gasteiger partial charge in [0.15, 0.2) is 5.82 Å². The Morgan fingerprint density at radius 1 is 1.21 bits per heavy atom. The molecule has 1 saturated heterocycles. The molecular formula is C21H27N5O2. The van der Waals surface area contributed by atoms with E-state index in [4.69, 9.17) is 0 Å². The van der Waals surface area contributed by atoms with Gasteiger partial charge in [0.05, 0.1) is 12.6 Å². The van der Waals surface area contributed by atoms with E-state index in [9.17, 15) is 9.59 Å². The zero-order valence-corrected chi connectivity index (χ0v) is 16.4. The highest BCUT2D eigenvalue weighted by Gasteiger charge is 2.30. The summed E-state index contributed by atoms with van der Waals surface area (Å²) in [5.41, 5.74) is 1.24. The minimum atomic E-state index is 0.136. The van der Waals surface area contributed by atoms with Crippen LogP contribution in [0.25, 0.3) is 0 Å². The van der Waals surface area contributed by atoms with Gasteiger partial charge in [0.1, 0.15) is 5.82 Å². The van der Waals surface area contributed by atoms with Gasteiger partial charge in [-0.15, -0.1) is 10.2 Å². The molecule has 0 aliphatic carbocycles. The van der Waals surface area contributed by atoms with Crippen LogP contribution in [0.4, 0.5) is 0 Å². The van der Waals surface area contributed by atoms with Crippen molar-refractivity contribution in [2.24, 2.45) is 0 Å². The topological polar surface area (TPSA) is 71.3 Å². The van der Waals surface area contributed by atoms with E-state index in [1.54, 1.807) is 0 Å². The average Bonchev–Trinajstić information content (AvgIpc) is 3.28. The number of fused-ring (bicyclic) bond motifs is 1. The van der Waals surface area contributed by atoms with E-state index in [2.05, 4.69) is 26.9 Å². The highest BCUT2D eigenvalue weighted by Crippen LogP contribution is 2.25. The van der Waals surface area contributed by atoms with Crippen molar-refractivity contribution in [1.29, 1.82) is 0 Å². The van der Waals surface area contributed by atoms with Gasteiger partial charge < -0.3 is 14.4 Å². The van der Waals surface area contributed by atoms with Crippen molar-refractivity contribution in [3.8, 4) is 0 Å². The number of nitrogens with zero attached hydrogens (tertiary/aromatic N) is 5. The number of carbonyl (C=O) groups excluding carboxylic acids is 2. The Balaban J connectivity index is 1.40. The van der Waals surface area contributed by atoms with Gasteiger partial charge in [-0.1, -0.05) is 30.3 Å². The van der Waals surface area contributed by atoms with E-state index < -0.39 is 0 Å². The molecule has 0 bridgehead atoms. The Kier molecular flexibility index (Phi) is 5.41. The summed E-state index contributed by atoms with van der Waals surface area (Å²) in [7, 11) is 0. The van der Waals surface area contributed by atoms with Gasteiger partial charge in [-0.3, -0.25) is 9.59 Å². The summed E-state index contributed by atoms with van der Waals surface area (Å²) in [5.74, 6) is 2.11. The smallest absolute Gasteiger partial charge is 0.223 e. The van der Waals surface area contributed by atoms with Crippen molar-refractivity contribution in [2.75, 3.05) is 19.6 Å². The van der Waals surface area contributed by atoms with Crippen LogP contribution in [0, 0.1) is 6.92 Å². The summed E-state index contributed by atoms with van der Waals surface area (Å²) in [5, 5.41) is 8.54. The third kappa shape index (κ3) is 3.93. The lowest BCUT2D eigenvalue weighted by Crippen LogP contribution is -2.42. The summed E-state index contributed by atoms with van der Waals surface area (Å²) in [6.07, 6.45) is 3.62. The SMILES string of the molecule is Cc1nnc2n1[C@H](Cc1ccccc1)CN(C(=O)CCCN1CCCC1=O)C2. The maximum atomic E-state index is 12.8. The Hall–Kier alpha value is -2.70. The molecule has 3 heterocycles. The van der Waals surface area contributed by atoms with Crippen LogP contribution in [0.2, 0.25) is 0 Å². The molecule has 4 rings (SSSR count). The second-order valence-corrected chi connectivity index (χ2v) is 7.74. The van der Waals surface area contributed by atoms with Crippen LogP contribution in [0.1, 0.15) is 48.9 Å². The minimum absolute atomic E-state index is 0.136. The number of hydrogen-bond acceptors (Lipinski definition) is 4. The highest BCUT2D eigenvalue weighted by atomic mass is 16.2. The van der Waals surface area contributed by atoms with Crippen molar-refractivity contribution in [3.63, 3.8) is 0 Å². The van der Waals surface area contributed by atoms with E-state index in [0.29, 0.717) is 32.5 Å². The lowest BCUT2D eigenvalue weighted by molar-refractivity contribution is -0.134. The molecule has 2 aliphatic rings. The van der Waals surface area contributed by atoms with Crippen LogP contribution < -0.4 is 0 Å². The summed E-state index contributed by atoms with van der Waals surface area (Å²) in [4.78, 5) is 28.3. The molecule has 0 unspecified atom stereocenters. The maximum absolute atomic E-state index is 12.8. The predicted molar refractivity (Wildman–Crippen MR) is 104 cm³/mol. The molecule has 2 amide bonds. The summed E-state index contributed by atoms with van der Waals surface area (Å²) in [6.45, 7) is 4.66. The van der Waals surface area contributed by atoms with Crippen molar-refractivity contribution >= 4 is 11.8 Å². The van der Waals surface area contributed by atoms with E-state index in [-0.39, 0.29) is 17.9 Å². The normalized spacial score (nSPS) is 19.2. The van der Waals surface area contributed by atoms with Crippen LogP contribution >= 0.6 is 0 Å². The van der Waals surface area contributed by atoms with E-state index in [0.717, 1.165) is 37.5 Å². The molecule has 1 aromatic heterocycles. The number of carbonyl (C=O) groups is 2. The minimum Gasteiger partial charge on any atom is -0.343 e. The Labute approximate surface area is 165 Å². The maximum Gasteiger partial charge on any atom is 0.223 e. The first-order valence-corrected chi connectivity index (χ1v) is 10.1. The number of amides is 2. The third-order valence-corrected chi connectivity index (χ3v) is 5.72. The van der Waals surface area contributed by atoms with Crippen LogP contribution in [-0.2, 0) is 22.6 Å². The summed E-state index contributed by atoms with van der Waals surface area (Å²) in [6, 6.07) is 10.5. The second-order valence-electron chi connectivity index (χ2n) is 7.74. The van der Waals surface area contributed by atoms with Crippen LogP contribution in [0.5, 0.6) is 0 Å². The summed E-state index contributed by atoms with van der Waals surface area (Å²) < 4.78 is 2.18. The van der Waals surface area contributed by atoms with Crippen LogP contribution in [-0.4, -0.2) is 56.0 Å². The van der Waals surface area contributed by atoms with Gasteiger partial charge in [-0.2, -0.15) is 0 Å². The molecule has 2 aliphatic heterocycles. The van der Waals surface area contributed by atoms with Crippen molar-refractivity contribution in [3.05, 3.63) is 47.5 Å². The molecule has 0 spiro atoms. The second kappa shape index (κ2) is 8.12. The lowest BCUT2D eigenvalue weighted by Gasteiger charge is -2.34. The van der Waals surface area contributed by atoms with Crippen LogP contribution in [0.15, 0.2) is 30.3 Å². The predicted octanol–water partition coefficient (Wildman–Crippen LogP) is 2.12. The third-order valence-electron chi connectivity index (χ3n) is 5.72. The summed E-state index contributed by atoms with van der Waals surface area (Å²) >= 11 is 0. The van der Waals surface area contributed by atoms with E-state index >= 15 is 0 Å². The van der Waals surface area contributed by atoms with Gasteiger partial charge in [0.2, 0.25) is 11.8 Å². The van der Waals surface area contributed by atoms with Gasteiger partial charge >= 0.3 is 0 Å². The van der Waals surface area contributed by atoms with Crippen molar-refractivity contribution < 1.29 is 9.59 Å². The standard InChI is InChI=1S/C21H27N5O2/c1-16-22-23-19-15-25(21(28)10-6-12-24-11-5-9-20(24)27)14-18(26(16)19)13-17-7-3-2-4-8-17/h2-4,7-8,18H,5-6,9-15H2,1H3/t18-/m1/s1. The molecule has 28 heavy (non-hydrogen) atoms. The molecule has 2 aromatic rings. The fourth-order valence-electron chi connectivity index (χ4n) is 4.32. The molecule has 1 fully saturated rings. The number of aryl methyl sites for hydroxylation is 1. The largest absolute Gasteiger partial charge is 0.343 e. The number of likely N-dealkylation sites (tertiary alicyclic amines) is 1. The lowest BCUT2D eigenvalue weighted by atomic mass is 10.0.